The lowest BCUT2D eigenvalue weighted by molar-refractivity contribution is -0.120. The Labute approximate surface area is 185 Å². The van der Waals surface area contributed by atoms with Gasteiger partial charge in [-0.25, -0.2) is 9.97 Å². The summed E-state index contributed by atoms with van der Waals surface area (Å²) in [4.78, 5) is 28.2. The van der Waals surface area contributed by atoms with Gasteiger partial charge in [0.2, 0.25) is 11.9 Å². The molecule has 1 fully saturated rings. The molecule has 0 aliphatic carbocycles. The van der Waals surface area contributed by atoms with Crippen LogP contribution < -0.4 is 20.3 Å². The molecule has 1 atom stereocenters. The molecule has 2 aliphatic heterocycles. The number of benzene rings is 1. The van der Waals surface area contributed by atoms with Gasteiger partial charge >= 0.3 is 0 Å². The zero-order valence-electron chi connectivity index (χ0n) is 18.3. The number of fused-ring (bicyclic) bond motifs is 3. The van der Waals surface area contributed by atoms with Gasteiger partial charge in [0.25, 0.3) is 0 Å². The van der Waals surface area contributed by atoms with E-state index in [1.54, 1.807) is 13.4 Å². The Morgan fingerprint density at radius 3 is 2.97 bits per heavy atom. The number of aromatic nitrogens is 4. The number of amides is 1. The number of imidazole rings is 1. The fourth-order valence-electron chi connectivity index (χ4n) is 4.07. The lowest BCUT2D eigenvalue weighted by Crippen LogP contribution is -2.55. The predicted octanol–water partition coefficient (Wildman–Crippen LogP) is 2.44. The van der Waals surface area contributed by atoms with E-state index in [0.717, 1.165) is 28.6 Å². The molecule has 0 saturated carbocycles. The van der Waals surface area contributed by atoms with Crippen LogP contribution in [0.25, 0.3) is 5.69 Å². The summed E-state index contributed by atoms with van der Waals surface area (Å²) in [6.45, 7) is 5.47. The van der Waals surface area contributed by atoms with E-state index in [-0.39, 0.29) is 11.9 Å². The quantitative estimate of drug-likeness (QED) is 0.630. The van der Waals surface area contributed by atoms with E-state index >= 15 is 0 Å². The Bertz CT molecular complexity index is 1180. The average Bonchev–Trinajstić information content (AvgIpc) is 3.25. The van der Waals surface area contributed by atoms with Crippen LogP contribution in [0, 0.1) is 6.92 Å². The molecular weight excluding hydrogens is 410 g/mol. The number of carbonyl (C=O) groups is 1. The Morgan fingerprint density at radius 1 is 1.34 bits per heavy atom. The maximum Gasteiger partial charge on any atom is 0.249 e. The topological polar surface area (TPSA) is 106 Å². The zero-order valence-corrected chi connectivity index (χ0v) is 18.3. The highest BCUT2D eigenvalue weighted by Gasteiger charge is 2.38. The monoisotopic (exact) mass is 435 g/mol. The molecule has 1 amide bonds. The van der Waals surface area contributed by atoms with Gasteiger partial charge in [0.1, 0.15) is 17.5 Å². The smallest absolute Gasteiger partial charge is 0.249 e. The Kier molecular flexibility index (Phi) is 5.14. The van der Waals surface area contributed by atoms with Crippen LogP contribution in [0.2, 0.25) is 0 Å². The summed E-state index contributed by atoms with van der Waals surface area (Å²) in [6.07, 6.45) is 4.36. The van der Waals surface area contributed by atoms with Crippen LogP contribution >= 0.6 is 0 Å². The summed E-state index contributed by atoms with van der Waals surface area (Å²) in [5.41, 5.74) is 4.08. The Balaban J connectivity index is 1.49. The Morgan fingerprint density at radius 2 is 2.22 bits per heavy atom. The molecule has 1 saturated heterocycles. The van der Waals surface area contributed by atoms with Gasteiger partial charge in [-0.2, -0.15) is 4.98 Å². The number of anilines is 4. The highest BCUT2D eigenvalue weighted by molar-refractivity contribution is 6.03. The zero-order chi connectivity index (χ0) is 22.2. The van der Waals surface area contributed by atoms with Crippen LogP contribution in [0.3, 0.4) is 0 Å². The van der Waals surface area contributed by atoms with Gasteiger partial charge in [-0.05, 0) is 25.5 Å². The standard InChI is InChI=1S/C22H25N7O3/c1-4-15-19-20(29-7-8-32-11-17(29)21(30)26-19)27-22(25-15)24-14-5-6-16(18(9-14)31-3)28-10-13(2)23-12-28/h5-6,9-10,12,17H,4,7-8,11H2,1-3H3,(H,26,30)(H,24,25,27). The number of nitrogens with one attached hydrogen (secondary N) is 2. The van der Waals surface area contributed by atoms with Crippen molar-refractivity contribution in [3.05, 3.63) is 42.1 Å². The molecule has 2 N–H and O–H groups in total. The maximum atomic E-state index is 12.5. The minimum Gasteiger partial charge on any atom is -0.494 e. The predicted molar refractivity (Wildman–Crippen MR) is 120 cm³/mol. The second kappa shape index (κ2) is 8.12. The van der Waals surface area contributed by atoms with Crippen molar-refractivity contribution in [3.63, 3.8) is 0 Å². The van der Waals surface area contributed by atoms with E-state index < -0.39 is 0 Å². The lowest BCUT2D eigenvalue weighted by atomic mass is 10.1. The summed E-state index contributed by atoms with van der Waals surface area (Å²) in [5, 5.41) is 6.27. The van der Waals surface area contributed by atoms with Crippen LogP contribution in [-0.2, 0) is 16.0 Å². The van der Waals surface area contributed by atoms with Gasteiger partial charge < -0.3 is 29.6 Å². The van der Waals surface area contributed by atoms with E-state index in [2.05, 4.69) is 20.6 Å². The van der Waals surface area contributed by atoms with Gasteiger partial charge in [0, 0.05) is 24.5 Å². The summed E-state index contributed by atoms with van der Waals surface area (Å²) >= 11 is 0. The van der Waals surface area contributed by atoms with Gasteiger partial charge in [-0.1, -0.05) is 6.92 Å². The van der Waals surface area contributed by atoms with Gasteiger partial charge in [-0.3, -0.25) is 4.79 Å². The number of morpholine rings is 1. The summed E-state index contributed by atoms with van der Waals surface area (Å²) in [6, 6.07) is 5.43. The van der Waals surface area contributed by atoms with Gasteiger partial charge in [-0.15, -0.1) is 0 Å². The molecule has 1 aromatic carbocycles. The van der Waals surface area contributed by atoms with Crippen molar-refractivity contribution in [2.24, 2.45) is 0 Å². The largest absolute Gasteiger partial charge is 0.494 e. The molecule has 0 spiro atoms. The van der Waals surface area contributed by atoms with Crippen molar-refractivity contribution in [1.82, 2.24) is 19.5 Å². The molecular formula is C22H25N7O3. The van der Waals surface area contributed by atoms with Crippen LogP contribution in [0.5, 0.6) is 5.75 Å². The summed E-state index contributed by atoms with van der Waals surface area (Å²) in [7, 11) is 1.64. The van der Waals surface area contributed by atoms with E-state index in [4.69, 9.17) is 14.5 Å². The molecule has 32 heavy (non-hydrogen) atoms. The fourth-order valence-corrected chi connectivity index (χ4v) is 4.07. The van der Waals surface area contributed by atoms with Crippen LogP contribution in [0.1, 0.15) is 18.3 Å². The molecule has 2 aromatic heterocycles. The van der Waals surface area contributed by atoms with Crippen molar-refractivity contribution < 1.29 is 14.3 Å². The van der Waals surface area contributed by atoms with Gasteiger partial charge in [0.15, 0.2) is 5.82 Å². The number of carbonyl (C=O) groups excluding carboxylic acids is 1. The number of rotatable bonds is 5. The summed E-state index contributed by atoms with van der Waals surface area (Å²) in [5.74, 6) is 1.81. The number of hydrogen-bond acceptors (Lipinski definition) is 8. The third kappa shape index (κ3) is 3.52. The van der Waals surface area contributed by atoms with Crippen molar-refractivity contribution in [3.8, 4) is 11.4 Å². The minimum atomic E-state index is -0.373. The molecule has 0 radical (unpaired) electrons. The summed E-state index contributed by atoms with van der Waals surface area (Å²) < 4.78 is 13.0. The molecule has 5 rings (SSSR count). The second-order valence-corrected chi connectivity index (χ2v) is 7.75. The van der Waals surface area contributed by atoms with Crippen molar-refractivity contribution >= 4 is 29.0 Å². The molecule has 1 unspecified atom stereocenters. The first kappa shape index (κ1) is 20.3. The Hall–Kier alpha value is -3.66. The molecule has 4 heterocycles. The van der Waals surface area contributed by atoms with Crippen LogP contribution in [0.15, 0.2) is 30.7 Å². The number of methoxy groups -OCH3 is 1. The number of aryl methyl sites for hydroxylation is 2. The fraction of sp³-hybridized carbons (Fsp3) is 0.364. The average molecular weight is 435 g/mol. The van der Waals surface area contributed by atoms with Crippen LogP contribution in [-0.4, -0.2) is 58.3 Å². The van der Waals surface area contributed by atoms with E-state index in [0.29, 0.717) is 43.6 Å². The minimum absolute atomic E-state index is 0.0775. The first-order valence-corrected chi connectivity index (χ1v) is 10.6. The lowest BCUT2D eigenvalue weighted by Gasteiger charge is -2.40. The normalized spacial score (nSPS) is 17.4. The number of ether oxygens (including phenoxy) is 2. The van der Waals surface area contributed by atoms with E-state index in [1.807, 2.05) is 47.7 Å². The third-order valence-corrected chi connectivity index (χ3v) is 5.68. The van der Waals surface area contributed by atoms with Crippen molar-refractivity contribution in [2.75, 3.05) is 42.4 Å². The van der Waals surface area contributed by atoms with E-state index in [1.165, 1.54) is 0 Å². The SMILES string of the molecule is CCc1nc(Nc2ccc(-n3cnc(C)c3)c(OC)c2)nc2c1NC(=O)C1COCCN21. The molecule has 3 aromatic rings. The second-order valence-electron chi connectivity index (χ2n) is 7.75. The van der Waals surface area contributed by atoms with Gasteiger partial charge in [0.05, 0.1) is 43.7 Å². The molecule has 10 heteroatoms. The number of hydrogen-bond donors (Lipinski definition) is 2. The molecule has 2 aliphatic rings. The van der Waals surface area contributed by atoms with Crippen molar-refractivity contribution in [1.29, 1.82) is 0 Å². The van der Waals surface area contributed by atoms with Crippen molar-refractivity contribution in [2.45, 2.75) is 26.3 Å². The number of nitrogens with zero attached hydrogens (tertiary/aromatic N) is 5. The maximum absolute atomic E-state index is 12.5. The van der Waals surface area contributed by atoms with E-state index in [9.17, 15) is 4.79 Å². The highest BCUT2D eigenvalue weighted by atomic mass is 16.5. The first-order chi connectivity index (χ1) is 15.6. The molecule has 10 nitrogen and oxygen atoms in total. The molecule has 166 valence electrons. The third-order valence-electron chi connectivity index (χ3n) is 5.68. The highest BCUT2D eigenvalue weighted by Crippen LogP contribution is 2.36. The first-order valence-electron chi connectivity index (χ1n) is 10.6. The molecule has 0 bridgehead atoms. The van der Waals surface area contributed by atoms with Crippen LogP contribution in [0.4, 0.5) is 23.1 Å².